The van der Waals surface area contributed by atoms with Crippen LogP contribution in [0.3, 0.4) is 0 Å². The molecular weight excluding hydrogens is 214 g/mol. The van der Waals surface area contributed by atoms with Crippen LogP contribution in [0.1, 0.15) is 0 Å². The zero-order valence-electron chi connectivity index (χ0n) is 6.56. The molecule has 0 unspecified atom stereocenters. The SMILES string of the molecule is Cl.NNc1ccc(N[SH](=O)=O)cc1. The molecular formula is C6H10ClN3O2S. The summed E-state index contributed by atoms with van der Waals surface area (Å²) < 4.78 is 22.7. The fourth-order valence-electron chi connectivity index (χ4n) is 0.746. The largest absolute Gasteiger partial charge is 0.324 e. The third-order valence-corrected chi connectivity index (χ3v) is 1.71. The minimum absolute atomic E-state index is 0. The molecule has 0 radical (unpaired) electrons. The van der Waals surface area contributed by atoms with Crippen molar-refractivity contribution in [3.8, 4) is 0 Å². The lowest BCUT2D eigenvalue weighted by molar-refractivity contribution is 0.619. The van der Waals surface area contributed by atoms with Gasteiger partial charge in [0.2, 0.25) is 10.9 Å². The van der Waals surface area contributed by atoms with Gasteiger partial charge in [-0.3, -0.25) is 10.6 Å². The summed E-state index contributed by atoms with van der Waals surface area (Å²) in [6, 6.07) is 6.56. The molecule has 0 atom stereocenters. The average Bonchev–Trinajstić information content (AvgIpc) is 2.05. The van der Waals surface area contributed by atoms with E-state index in [9.17, 15) is 8.42 Å². The lowest BCUT2D eigenvalue weighted by atomic mass is 10.3. The number of thiol groups is 1. The minimum Gasteiger partial charge on any atom is -0.324 e. The van der Waals surface area contributed by atoms with Crippen molar-refractivity contribution in [1.82, 2.24) is 0 Å². The van der Waals surface area contributed by atoms with Crippen LogP contribution in [0.5, 0.6) is 0 Å². The van der Waals surface area contributed by atoms with Gasteiger partial charge in [0.25, 0.3) is 0 Å². The molecule has 0 aromatic heterocycles. The summed E-state index contributed by atoms with van der Waals surface area (Å²) in [4.78, 5) is 0. The van der Waals surface area contributed by atoms with Crippen LogP contribution in [0.4, 0.5) is 11.4 Å². The highest BCUT2D eigenvalue weighted by Crippen LogP contribution is 2.11. The predicted molar refractivity (Wildman–Crippen MR) is 55.4 cm³/mol. The summed E-state index contributed by atoms with van der Waals surface area (Å²) in [5.74, 6) is 5.11. The average molecular weight is 224 g/mol. The van der Waals surface area contributed by atoms with Gasteiger partial charge in [0.1, 0.15) is 0 Å². The fraction of sp³-hybridized carbons (Fsp3) is 0. The van der Waals surface area contributed by atoms with E-state index in [4.69, 9.17) is 5.84 Å². The van der Waals surface area contributed by atoms with E-state index in [1.165, 1.54) is 0 Å². The molecule has 0 aliphatic carbocycles. The zero-order chi connectivity index (χ0) is 8.97. The second kappa shape index (κ2) is 5.63. The lowest BCUT2D eigenvalue weighted by Crippen LogP contribution is -2.06. The molecule has 1 aromatic rings. The number of hydrogen-bond acceptors (Lipinski definition) is 4. The van der Waals surface area contributed by atoms with Gasteiger partial charge in [0.15, 0.2) is 0 Å². The van der Waals surface area contributed by atoms with Crippen molar-refractivity contribution in [3.63, 3.8) is 0 Å². The maximum Gasteiger partial charge on any atom is 0.222 e. The summed E-state index contributed by atoms with van der Waals surface area (Å²) >= 11 is 0. The van der Waals surface area contributed by atoms with Crippen molar-refractivity contribution in [2.75, 3.05) is 10.1 Å². The molecule has 0 bridgehead atoms. The van der Waals surface area contributed by atoms with Crippen molar-refractivity contribution in [2.24, 2.45) is 5.84 Å². The van der Waals surface area contributed by atoms with Crippen molar-refractivity contribution in [2.45, 2.75) is 0 Å². The molecule has 7 heteroatoms. The number of nitrogen functional groups attached to an aromatic ring is 1. The molecule has 5 nitrogen and oxygen atoms in total. The highest BCUT2D eigenvalue weighted by molar-refractivity contribution is 7.73. The second-order valence-corrected chi connectivity index (χ2v) is 2.83. The normalized spacial score (nSPS) is 9.08. The molecule has 1 aromatic carbocycles. The first-order valence-corrected chi connectivity index (χ1v) is 4.38. The minimum atomic E-state index is -2.59. The summed E-state index contributed by atoms with van der Waals surface area (Å²) in [6.45, 7) is 0. The Labute approximate surface area is 83.8 Å². The second-order valence-electron chi connectivity index (χ2n) is 2.09. The molecule has 0 heterocycles. The molecule has 0 fully saturated rings. The van der Waals surface area contributed by atoms with E-state index in [0.717, 1.165) is 5.69 Å². The van der Waals surface area contributed by atoms with E-state index < -0.39 is 10.9 Å². The van der Waals surface area contributed by atoms with E-state index in [1.54, 1.807) is 24.3 Å². The Balaban J connectivity index is 0.00000144. The summed E-state index contributed by atoms with van der Waals surface area (Å²) in [5.41, 5.74) is 3.67. The molecule has 0 saturated carbocycles. The van der Waals surface area contributed by atoms with Crippen LogP contribution < -0.4 is 16.0 Å². The van der Waals surface area contributed by atoms with E-state index in [0.29, 0.717) is 5.69 Å². The highest BCUT2D eigenvalue weighted by Gasteiger charge is 1.91. The van der Waals surface area contributed by atoms with Crippen LogP contribution in [0.15, 0.2) is 24.3 Å². The van der Waals surface area contributed by atoms with Crippen molar-refractivity contribution in [3.05, 3.63) is 24.3 Å². The number of benzene rings is 1. The van der Waals surface area contributed by atoms with E-state index in [2.05, 4.69) is 10.1 Å². The van der Waals surface area contributed by atoms with Gasteiger partial charge in [0, 0.05) is 11.4 Å². The lowest BCUT2D eigenvalue weighted by Gasteiger charge is -2.00. The molecule has 0 amide bonds. The molecule has 0 aliphatic heterocycles. The number of anilines is 2. The number of nitrogens with one attached hydrogen (secondary N) is 2. The van der Waals surface area contributed by atoms with Crippen molar-refractivity contribution in [1.29, 1.82) is 0 Å². The molecule has 74 valence electrons. The summed E-state index contributed by atoms with van der Waals surface area (Å²) in [5, 5.41) is 0. The number of rotatable bonds is 3. The van der Waals surface area contributed by atoms with Crippen LogP contribution >= 0.6 is 12.4 Å². The molecule has 13 heavy (non-hydrogen) atoms. The third kappa shape index (κ3) is 3.97. The maximum atomic E-state index is 10.2. The van der Waals surface area contributed by atoms with Gasteiger partial charge in [-0.05, 0) is 24.3 Å². The Bertz CT molecular complexity index is 317. The van der Waals surface area contributed by atoms with Crippen LogP contribution in [0.2, 0.25) is 0 Å². The third-order valence-electron chi connectivity index (χ3n) is 1.27. The van der Waals surface area contributed by atoms with Gasteiger partial charge in [0.05, 0.1) is 0 Å². The molecule has 1 rings (SSSR count). The quantitative estimate of drug-likeness (QED) is 0.338. The monoisotopic (exact) mass is 223 g/mol. The Morgan fingerprint density at radius 3 is 1.92 bits per heavy atom. The number of hydrogen-bond donors (Lipinski definition) is 4. The molecule has 0 spiro atoms. The van der Waals surface area contributed by atoms with Gasteiger partial charge in [-0.1, -0.05) is 0 Å². The van der Waals surface area contributed by atoms with Gasteiger partial charge in [-0.25, -0.2) is 8.42 Å². The van der Waals surface area contributed by atoms with Gasteiger partial charge >= 0.3 is 0 Å². The zero-order valence-corrected chi connectivity index (χ0v) is 8.27. The summed E-state index contributed by atoms with van der Waals surface area (Å²) in [7, 11) is -2.59. The standard InChI is InChI=1S/C6H9N3O2S.ClH/c7-8-5-1-3-6(4-2-5)9-12(10)11;/h1-4,8,12H,7H2,(H,9,10,11);1H. The summed E-state index contributed by atoms with van der Waals surface area (Å²) in [6.07, 6.45) is 0. The van der Waals surface area contributed by atoms with Crippen LogP contribution in [-0.4, -0.2) is 8.42 Å². The molecule has 4 N–H and O–H groups in total. The van der Waals surface area contributed by atoms with Crippen molar-refractivity contribution < 1.29 is 8.42 Å². The first-order chi connectivity index (χ1) is 5.72. The van der Waals surface area contributed by atoms with Crippen LogP contribution in [0.25, 0.3) is 0 Å². The van der Waals surface area contributed by atoms with E-state index in [1.807, 2.05) is 0 Å². The van der Waals surface area contributed by atoms with Crippen molar-refractivity contribution >= 4 is 34.7 Å². The van der Waals surface area contributed by atoms with Gasteiger partial charge in [-0.15, -0.1) is 12.4 Å². The van der Waals surface area contributed by atoms with Gasteiger partial charge < -0.3 is 5.43 Å². The highest BCUT2D eigenvalue weighted by atomic mass is 35.5. The Kier molecular flexibility index (Phi) is 5.20. The Morgan fingerprint density at radius 2 is 1.54 bits per heavy atom. The van der Waals surface area contributed by atoms with Crippen LogP contribution in [0, 0.1) is 0 Å². The smallest absolute Gasteiger partial charge is 0.222 e. The first kappa shape index (κ1) is 12.0. The number of nitrogens with two attached hydrogens (primary N) is 1. The first-order valence-electron chi connectivity index (χ1n) is 3.20. The Morgan fingerprint density at radius 1 is 1.08 bits per heavy atom. The molecule has 0 saturated heterocycles. The van der Waals surface area contributed by atoms with Gasteiger partial charge in [-0.2, -0.15) is 0 Å². The Hall–Kier alpha value is -0.980. The number of hydrazine groups is 1. The predicted octanol–water partition coefficient (Wildman–Crippen LogP) is 0.332. The van der Waals surface area contributed by atoms with E-state index >= 15 is 0 Å². The number of halogens is 1. The fourth-order valence-corrected chi connectivity index (χ4v) is 1.11. The maximum absolute atomic E-state index is 10.2. The van der Waals surface area contributed by atoms with E-state index in [-0.39, 0.29) is 12.4 Å². The van der Waals surface area contributed by atoms with Crippen LogP contribution in [-0.2, 0) is 10.9 Å². The molecule has 0 aliphatic rings. The topological polar surface area (TPSA) is 84.2 Å².